The summed E-state index contributed by atoms with van der Waals surface area (Å²) in [5.41, 5.74) is 3.09. The van der Waals surface area contributed by atoms with Crippen molar-refractivity contribution in [1.82, 2.24) is 4.90 Å². The number of rotatable bonds is 3. The second-order valence-electron chi connectivity index (χ2n) is 6.26. The highest BCUT2D eigenvalue weighted by Crippen LogP contribution is 2.42. The highest BCUT2D eigenvalue weighted by Gasteiger charge is 2.31. The Morgan fingerprint density at radius 1 is 1.19 bits per heavy atom. The fourth-order valence-electron chi connectivity index (χ4n) is 3.31. The molecule has 0 aliphatic carbocycles. The first-order chi connectivity index (χ1) is 12.8. The Bertz CT molecular complexity index is 811. The summed E-state index contributed by atoms with van der Waals surface area (Å²) in [5, 5.41) is 3.07. The number of thioether (sulfide) groups is 1. The normalized spacial score (nSPS) is 18.7. The van der Waals surface area contributed by atoms with Crippen LogP contribution in [0.3, 0.4) is 0 Å². The monoisotopic (exact) mass is 370 g/mol. The molecule has 6 heteroatoms. The Labute approximate surface area is 157 Å². The molecule has 4 rings (SSSR count). The third kappa shape index (κ3) is 3.33. The van der Waals surface area contributed by atoms with Crippen molar-refractivity contribution >= 4 is 23.5 Å². The van der Waals surface area contributed by atoms with E-state index in [0.717, 1.165) is 47.0 Å². The molecule has 1 atom stereocenters. The first-order valence-corrected chi connectivity index (χ1v) is 9.98. The van der Waals surface area contributed by atoms with Crippen molar-refractivity contribution in [2.24, 2.45) is 0 Å². The zero-order valence-electron chi connectivity index (χ0n) is 14.7. The van der Waals surface area contributed by atoms with Gasteiger partial charge < -0.3 is 19.7 Å². The summed E-state index contributed by atoms with van der Waals surface area (Å²) in [6.07, 6.45) is 0.886. The number of nitrogens with zero attached hydrogens (tertiary/aromatic N) is 1. The molecule has 5 nitrogen and oxygen atoms in total. The lowest BCUT2D eigenvalue weighted by atomic mass is 10.1. The summed E-state index contributed by atoms with van der Waals surface area (Å²) in [6.45, 7) is 3.96. The van der Waals surface area contributed by atoms with Crippen LogP contribution in [0.5, 0.6) is 11.5 Å². The van der Waals surface area contributed by atoms with Gasteiger partial charge in [-0.3, -0.25) is 0 Å². The van der Waals surface area contributed by atoms with E-state index < -0.39 is 0 Å². The second kappa shape index (κ2) is 7.50. The Morgan fingerprint density at radius 2 is 2.00 bits per heavy atom. The minimum atomic E-state index is -0.0595. The molecule has 0 spiro atoms. The lowest BCUT2D eigenvalue weighted by Crippen LogP contribution is -2.34. The van der Waals surface area contributed by atoms with Crippen LogP contribution >= 0.6 is 11.8 Å². The van der Waals surface area contributed by atoms with Crippen LogP contribution in [0.1, 0.15) is 23.4 Å². The molecule has 2 aliphatic rings. The smallest absolute Gasteiger partial charge is 0.323 e. The van der Waals surface area contributed by atoms with E-state index in [1.807, 2.05) is 47.4 Å². The third-order valence-corrected chi connectivity index (χ3v) is 5.90. The molecule has 1 N–H and O–H groups in total. The fourth-order valence-corrected chi connectivity index (χ4v) is 4.55. The predicted molar refractivity (Wildman–Crippen MR) is 104 cm³/mol. The Kier molecular flexibility index (Phi) is 4.93. The SMILES string of the molecule is CCc1ccccc1NC(=O)N1CCS[C@@H]1c1ccc2c(c1)OCCO2. The van der Waals surface area contributed by atoms with E-state index in [9.17, 15) is 4.79 Å². The maximum Gasteiger partial charge on any atom is 0.323 e. The summed E-state index contributed by atoms with van der Waals surface area (Å²) in [4.78, 5) is 14.8. The minimum Gasteiger partial charge on any atom is -0.486 e. The summed E-state index contributed by atoms with van der Waals surface area (Å²) in [6, 6.07) is 13.9. The van der Waals surface area contributed by atoms with Gasteiger partial charge in [0.15, 0.2) is 11.5 Å². The van der Waals surface area contributed by atoms with E-state index >= 15 is 0 Å². The van der Waals surface area contributed by atoms with Crippen molar-refractivity contribution in [1.29, 1.82) is 0 Å². The molecular weight excluding hydrogens is 348 g/mol. The van der Waals surface area contributed by atoms with E-state index in [-0.39, 0.29) is 11.4 Å². The van der Waals surface area contributed by atoms with Gasteiger partial charge in [-0.25, -0.2) is 4.79 Å². The lowest BCUT2D eigenvalue weighted by Gasteiger charge is -2.26. The summed E-state index contributed by atoms with van der Waals surface area (Å²) in [5.74, 6) is 2.45. The Balaban J connectivity index is 1.54. The number of fused-ring (bicyclic) bond motifs is 1. The highest BCUT2D eigenvalue weighted by atomic mass is 32.2. The van der Waals surface area contributed by atoms with Crippen molar-refractivity contribution < 1.29 is 14.3 Å². The van der Waals surface area contributed by atoms with Crippen molar-refractivity contribution in [3.63, 3.8) is 0 Å². The standard InChI is InChI=1S/C20H22N2O3S/c1-2-14-5-3-4-6-16(14)21-20(23)22-9-12-26-19(22)15-7-8-17-18(13-15)25-11-10-24-17/h3-8,13,19H,2,9-12H2,1H3,(H,21,23)/t19-/m1/s1. The first kappa shape index (κ1) is 17.1. The van der Waals surface area contributed by atoms with E-state index in [1.165, 1.54) is 0 Å². The number of ether oxygens (including phenoxy) is 2. The molecule has 1 fully saturated rings. The van der Waals surface area contributed by atoms with Crippen molar-refractivity contribution in [3.8, 4) is 11.5 Å². The van der Waals surface area contributed by atoms with E-state index in [2.05, 4.69) is 12.2 Å². The quantitative estimate of drug-likeness (QED) is 0.875. The maximum atomic E-state index is 12.9. The summed E-state index contributed by atoms with van der Waals surface area (Å²) < 4.78 is 11.3. The van der Waals surface area contributed by atoms with Gasteiger partial charge in [-0.1, -0.05) is 31.2 Å². The van der Waals surface area contributed by atoms with Crippen LogP contribution in [0.4, 0.5) is 10.5 Å². The number of hydrogen-bond donors (Lipinski definition) is 1. The number of carbonyl (C=O) groups excluding carboxylic acids is 1. The van der Waals surface area contributed by atoms with Gasteiger partial charge in [0.05, 0.1) is 0 Å². The summed E-state index contributed by atoms with van der Waals surface area (Å²) >= 11 is 1.77. The van der Waals surface area contributed by atoms with Gasteiger partial charge >= 0.3 is 6.03 Å². The average molecular weight is 370 g/mol. The number of amides is 2. The van der Waals surface area contributed by atoms with Crippen molar-refractivity contribution in [3.05, 3.63) is 53.6 Å². The zero-order valence-corrected chi connectivity index (χ0v) is 15.6. The van der Waals surface area contributed by atoms with Crippen LogP contribution in [0, 0.1) is 0 Å². The molecule has 2 amide bonds. The van der Waals surface area contributed by atoms with Gasteiger partial charge in [0.25, 0.3) is 0 Å². The van der Waals surface area contributed by atoms with Crippen LogP contribution in [0.15, 0.2) is 42.5 Å². The molecule has 136 valence electrons. The number of hydrogen-bond acceptors (Lipinski definition) is 4. The lowest BCUT2D eigenvalue weighted by molar-refractivity contribution is 0.171. The van der Waals surface area contributed by atoms with Gasteiger partial charge in [0, 0.05) is 18.0 Å². The van der Waals surface area contributed by atoms with Crippen molar-refractivity contribution in [2.45, 2.75) is 18.7 Å². The number of nitrogens with one attached hydrogen (secondary N) is 1. The van der Waals surface area contributed by atoms with Gasteiger partial charge in [-0.15, -0.1) is 11.8 Å². The molecular formula is C20H22N2O3S. The van der Waals surface area contributed by atoms with Crippen LogP contribution in [0.2, 0.25) is 0 Å². The molecule has 2 aromatic rings. The number of anilines is 1. The van der Waals surface area contributed by atoms with E-state index in [0.29, 0.717) is 13.2 Å². The van der Waals surface area contributed by atoms with Crippen LogP contribution in [-0.4, -0.2) is 36.4 Å². The number of urea groups is 1. The fraction of sp³-hybridized carbons (Fsp3) is 0.350. The molecule has 2 aliphatic heterocycles. The zero-order chi connectivity index (χ0) is 17.9. The summed E-state index contributed by atoms with van der Waals surface area (Å²) in [7, 11) is 0. The molecule has 0 bridgehead atoms. The highest BCUT2D eigenvalue weighted by molar-refractivity contribution is 7.99. The Hall–Kier alpha value is -2.34. The maximum absolute atomic E-state index is 12.9. The van der Waals surface area contributed by atoms with Crippen LogP contribution in [0.25, 0.3) is 0 Å². The number of carbonyl (C=O) groups is 1. The molecule has 0 unspecified atom stereocenters. The molecule has 0 radical (unpaired) electrons. The van der Waals surface area contributed by atoms with E-state index in [4.69, 9.17) is 9.47 Å². The van der Waals surface area contributed by atoms with Gasteiger partial charge in [-0.2, -0.15) is 0 Å². The average Bonchev–Trinajstić information content (AvgIpc) is 3.18. The van der Waals surface area contributed by atoms with Gasteiger partial charge in [0.1, 0.15) is 18.6 Å². The molecule has 0 aromatic heterocycles. The molecule has 1 saturated heterocycles. The van der Waals surface area contributed by atoms with Gasteiger partial charge in [0.2, 0.25) is 0 Å². The number of benzene rings is 2. The largest absolute Gasteiger partial charge is 0.486 e. The van der Waals surface area contributed by atoms with Crippen LogP contribution in [-0.2, 0) is 6.42 Å². The predicted octanol–water partition coefficient (Wildman–Crippen LogP) is 4.30. The number of para-hydroxylation sites is 1. The minimum absolute atomic E-state index is 0.0142. The first-order valence-electron chi connectivity index (χ1n) is 8.93. The molecule has 2 heterocycles. The molecule has 26 heavy (non-hydrogen) atoms. The Morgan fingerprint density at radius 3 is 2.85 bits per heavy atom. The third-order valence-electron chi connectivity index (χ3n) is 4.64. The van der Waals surface area contributed by atoms with Crippen molar-refractivity contribution in [2.75, 3.05) is 30.8 Å². The number of aryl methyl sites for hydroxylation is 1. The molecule has 2 aromatic carbocycles. The van der Waals surface area contributed by atoms with E-state index in [1.54, 1.807) is 11.8 Å². The van der Waals surface area contributed by atoms with Gasteiger partial charge in [-0.05, 0) is 35.7 Å². The second-order valence-corrected chi connectivity index (χ2v) is 7.45. The van der Waals surface area contributed by atoms with Crippen LogP contribution < -0.4 is 14.8 Å². The molecule has 0 saturated carbocycles. The topological polar surface area (TPSA) is 50.8 Å².